The van der Waals surface area contributed by atoms with Crippen molar-refractivity contribution >= 4 is 35.1 Å². The first-order chi connectivity index (χ1) is 16.7. The van der Waals surface area contributed by atoms with Gasteiger partial charge in [0.05, 0.1) is 23.4 Å². The molecule has 2 aromatic carbocycles. The third-order valence-electron chi connectivity index (χ3n) is 7.28. The molecule has 35 heavy (non-hydrogen) atoms. The Bertz CT molecular complexity index is 1270. The first kappa shape index (κ1) is 23.0. The van der Waals surface area contributed by atoms with Crippen molar-refractivity contribution in [3.63, 3.8) is 0 Å². The quantitative estimate of drug-likeness (QED) is 0.291. The number of fused-ring (bicyclic) bond motifs is 1. The van der Waals surface area contributed by atoms with Crippen LogP contribution in [0.25, 0.3) is 0 Å². The van der Waals surface area contributed by atoms with Crippen molar-refractivity contribution in [3.8, 4) is 5.75 Å². The van der Waals surface area contributed by atoms with E-state index in [4.69, 9.17) is 4.74 Å². The van der Waals surface area contributed by atoms with Gasteiger partial charge in [0.25, 0.3) is 0 Å². The molecule has 0 aromatic heterocycles. The van der Waals surface area contributed by atoms with E-state index in [0.717, 1.165) is 16.8 Å². The van der Waals surface area contributed by atoms with Crippen LogP contribution in [-0.4, -0.2) is 30.2 Å². The van der Waals surface area contributed by atoms with Crippen molar-refractivity contribution in [2.75, 3.05) is 16.3 Å². The molecule has 4 atom stereocenters. The maximum atomic E-state index is 13.1. The van der Waals surface area contributed by atoms with Gasteiger partial charge in [-0.1, -0.05) is 37.3 Å². The number of rotatable bonds is 4. The number of hydrogen-bond acceptors (Lipinski definition) is 5. The molecule has 2 saturated heterocycles. The standard InChI is InChI=1S/C28H28N2O5/c1-16-10-11-17(2)23(12-16)29-15-19(13-24(29)31)28(34)35-21-8-5-7-20(14-21)30-26(32)22-9-4-6-18(3)25(22)27(30)33/h4-8,10-12,14,18-19,22,25H,9,13,15H2,1-3H3/t18-,19+,22+,25+/m0/s1. The zero-order valence-electron chi connectivity index (χ0n) is 20.1. The van der Waals surface area contributed by atoms with E-state index >= 15 is 0 Å². The van der Waals surface area contributed by atoms with Gasteiger partial charge in [-0.05, 0) is 55.5 Å². The lowest BCUT2D eigenvalue weighted by molar-refractivity contribution is -0.139. The van der Waals surface area contributed by atoms with Crippen LogP contribution in [0, 0.1) is 37.5 Å². The van der Waals surface area contributed by atoms with Gasteiger partial charge in [0.15, 0.2) is 0 Å². The summed E-state index contributed by atoms with van der Waals surface area (Å²) < 4.78 is 5.62. The van der Waals surface area contributed by atoms with Crippen molar-refractivity contribution in [1.29, 1.82) is 0 Å². The Kier molecular flexibility index (Phi) is 5.79. The zero-order chi connectivity index (χ0) is 24.9. The van der Waals surface area contributed by atoms with Crippen LogP contribution in [0.4, 0.5) is 11.4 Å². The van der Waals surface area contributed by atoms with Crippen LogP contribution in [-0.2, 0) is 19.2 Å². The van der Waals surface area contributed by atoms with Gasteiger partial charge in [0, 0.05) is 24.7 Å². The highest BCUT2D eigenvalue weighted by atomic mass is 16.5. The third-order valence-corrected chi connectivity index (χ3v) is 7.28. The van der Waals surface area contributed by atoms with Gasteiger partial charge in [-0.3, -0.25) is 19.2 Å². The molecule has 0 N–H and O–H groups in total. The molecule has 0 saturated carbocycles. The number of carbonyl (C=O) groups is 4. The predicted octanol–water partition coefficient (Wildman–Crippen LogP) is 3.96. The molecule has 180 valence electrons. The average Bonchev–Trinajstić information content (AvgIpc) is 3.33. The van der Waals surface area contributed by atoms with Gasteiger partial charge in [-0.2, -0.15) is 0 Å². The van der Waals surface area contributed by atoms with Crippen molar-refractivity contribution < 1.29 is 23.9 Å². The van der Waals surface area contributed by atoms with E-state index in [2.05, 4.69) is 0 Å². The summed E-state index contributed by atoms with van der Waals surface area (Å²) in [5.41, 5.74) is 3.21. The summed E-state index contributed by atoms with van der Waals surface area (Å²) in [6.45, 7) is 6.10. The smallest absolute Gasteiger partial charge is 0.316 e. The Balaban J connectivity index is 1.31. The monoisotopic (exact) mass is 472 g/mol. The second-order valence-electron chi connectivity index (χ2n) is 9.78. The molecular weight excluding hydrogens is 444 g/mol. The largest absolute Gasteiger partial charge is 0.426 e. The summed E-state index contributed by atoms with van der Waals surface area (Å²) in [5.74, 6) is -2.13. The molecule has 2 fully saturated rings. The number of amides is 3. The Morgan fingerprint density at radius 3 is 2.60 bits per heavy atom. The van der Waals surface area contributed by atoms with Crippen LogP contribution in [0.3, 0.4) is 0 Å². The van der Waals surface area contributed by atoms with Crippen LogP contribution in [0.1, 0.15) is 30.9 Å². The number of hydrogen-bond donors (Lipinski definition) is 0. The number of ether oxygens (including phenoxy) is 1. The molecule has 0 bridgehead atoms. The fourth-order valence-corrected chi connectivity index (χ4v) is 5.40. The summed E-state index contributed by atoms with van der Waals surface area (Å²) >= 11 is 0. The number of aryl methyl sites for hydroxylation is 2. The average molecular weight is 473 g/mol. The van der Waals surface area contributed by atoms with Crippen LogP contribution in [0.15, 0.2) is 54.6 Å². The molecule has 3 amide bonds. The van der Waals surface area contributed by atoms with Crippen LogP contribution < -0.4 is 14.5 Å². The molecule has 0 radical (unpaired) electrons. The van der Waals surface area contributed by atoms with Gasteiger partial charge in [-0.25, -0.2) is 4.90 Å². The molecule has 1 aliphatic carbocycles. The fourth-order valence-electron chi connectivity index (χ4n) is 5.40. The predicted molar refractivity (Wildman–Crippen MR) is 131 cm³/mol. The van der Waals surface area contributed by atoms with E-state index in [1.165, 1.54) is 4.90 Å². The molecule has 7 nitrogen and oxygen atoms in total. The van der Waals surface area contributed by atoms with Crippen LogP contribution in [0.2, 0.25) is 0 Å². The Labute approximate surface area is 204 Å². The molecule has 2 aromatic rings. The summed E-state index contributed by atoms with van der Waals surface area (Å²) in [5, 5.41) is 0. The SMILES string of the molecule is Cc1ccc(C)c(N2C[C@H](C(=O)Oc3cccc(N4C(=O)[C@@H]5[C@@H](C)C=CC[C@H]5C4=O)c3)CC2=O)c1. The zero-order valence-corrected chi connectivity index (χ0v) is 20.1. The Morgan fingerprint density at radius 2 is 1.83 bits per heavy atom. The van der Waals surface area contributed by atoms with E-state index in [1.54, 1.807) is 29.2 Å². The lowest BCUT2D eigenvalue weighted by Gasteiger charge is -2.22. The highest BCUT2D eigenvalue weighted by Gasteiger charge is 2.50. The first-order valence-corrected chi connectivity index (χ1v) is 12.0. The van der Waals surface area contributed by atoms with E-state index in [9.17, 15) is 19.2 Å². The van der Waals surface area contributed by atoms with E-state index < -0.39 is 11.9 Å². The molecule has 3 aliphatic rings. The maximum Gasteiger partial charge on any atom is 0.316 e. The minimum atomic E-state index is -0.601. The second kappa shape index (κ2) is 8.80. The van der Waals surface area contributed by atoms with Crippen molar-refractivity contribution in [2.45, 2.75) is 33.6 Å². The van der Waals surface area contributed by atoms with Gasteiger partial charge in [0.1, 0.15) is 5.75 Å². The van der Waals surface area contributed by atoms with Crippen molar-refractivity contribution in [2.24, 2.45) is 23.7 Å². The van der Waals surface area contributed by atoms with Gasteiger partial charge in [0.2, 0.25) is 17.7 Å². The van der Waals surface area contributed by atoms with E-state index in [0.29, 0.717) is 12.1 Å². The minimum Gasteiger partial charge on any atom is -0.426 e. The lowest BCUT2D eigenvalue weighted by Crippen LogP contribution is -2.31. The first-order valence-electron chi connectivity index (χ1n) is 12.0. The summed E-state index contributed by atoms with van der Waals surface area (Å²) in [6, 6.07) is 12.4. The Hall–Kier alpha value is -3.74. The highest BCUT2D eigenvalue weighted by Crippen LogP contribution is 2.41. The van der Waals surface area contributed by atoms with Gasteiger partial charge in [-0.15, -0.1) is 0 Å². The molecule has 0 unspecified atom stereocenters. The lowest BCUT2D eigenvalue weighted by atomic mass is 9.78. The molecule has 7 heteroatoms. The number of esters is 1. The maximum absolute atomic E-state index is 13.1. The van der Waals surface area contributed by atoms with E-state index in [1.807, 2.05) is 51.1 Å². The third kappa shape index (κ3) is 4.05. The number of nitrogens with zero attached hydrogens (tertiary/aromatic N) is 2. The van der Waals surface area contributed by atoms with Crippen molar-refractivity contribution in [1.82, 2.24) is 0 Å². The molecular formula is C28H28N2O5. The fraction of sp³-hybridized carbons (Fsp3) is 0.357. The van der Waals surface area contributed by atoms with Gasteiger partial charge < -0.3 is 9.64 Å². The molecule has 2 heterocycles. The topological polar surface area (TPSA) is 84.0 Å². The molecule has 5 rings (SSSR count). The Morgan fingerprint density at radius 1 is 1.03 bits per heavy atom. The second-order valence-corrected chi connectivity index (χ2v) is 9.78. The summed E-state index contributed by atoms with van der Waals surface area (Å²) in [6.07, 6.45) is 4.57. The normalized spacial score (nSPS) is 25.9. The highest BCUT2D eigenvalue weighted by molar-refractivity contribution is 6.22. The van der Waals surface area contributed by atoms with Crippen LogP contribution in [0.5, 0.6) is 5.75 Å². The summed E-state index contributed by atoms with van der Waals surface area (Å²) in [7, 11) is 0. The number of benzene rings is 2. The van der Waals surface area contributed by atoms with Gasteiger partial charge >= 0.3 is 5.97 Å². The van der Waals surface area contributed by atoms with Crippen LogP contribution >= 0.6 is 0 Å². The summed E-state index contributed by atoms with van der Waals surface area (Å²) in [4.78, 5) is 54.6. The molecule has 0 spiro atoms. The number of allylic oxidation sites excluding steroid dienone is 2. The molecule has 2 aliphatic heterocycles. The van der Waals surface area contributed by atoms with E-state index in [-0.39, 0.29) is 54.2 Å². The van der Waals surface area contributed by atoms with Crippen molar-refractivity contribution in [3.05, 3.63) is 65.7 Å². The number of carbonyl (C=O) groups excluding carboxylic acids is 4. The number of anilines is 2. The number of imide groups is 1. The minimum absolute atomic E-state index is 0.00361.